The third kappa shape index (κ3) is 4.33. The molecule has 1 rings (SSSR count). The van der Waals surface area contributed by atoms with Gasteiger partial charge in [-0.1, -0.05) is 37.5 Å². The number of unbranched alkanes of at least 4 members (excludes halogenated alkanes) is 2. The molecular formula is C16H24O. The molecule has 17 heavy (non-hydrogen) atoms. The maximum absolute atomic E-state index is 11.9. The van der Waals surface area contributed by atoms with Crippen molar-refractivity contribution < 1.29 is 4.79 Å². The lowest BCUT2D eigenvalue weighted by Crippen LogP contribution is -2.06. The van der Waals surface area contributed by atoms with Gasteiger partial charge in [0.2, 0.25) is 0 Å². The molecule has 0 aliphatic heterocycles. The molecule has 0 unspecified atom stereocenters. The molecule has 0 aromatic heterocycles. The van der Waals surface area contributed by atoms with E-state index in [2.05, 4.69) is 39.8 Å². The monoisotopic (exact) mass is 232 g/mol. The fourth-order valence-corrected chi connectivity index (χ4v) is 2.35. The highest BCUT2D eigenvalue weighted by Crippen LogP contribution is 2.18. The van der Waals surface area contributed by atoms with Gasteiger partial charge >= 0.3 is 0 Å². The predicted octanol–water partition coefficient (Wildman–Crippen LogP) is 4.30. The summed E-state index contributed by atoms with van der Waals surface area (Å²) in [4.78, 5) is 11.9. The van der Waals surface area contributed by atoms with Gasteiger partial charge in [0.1, 0.15) is 5.78 Å². The Morgan fingerprint density at radius 1 is 1.06 bits per heavy atom. The van der Waals surface area contributed by atoms with E-state index in [0.717, 1.165) is 19.3 Å². The van der Waals surface area contributed by atoms with Gasteiger partial charge in [-0.3, -0.25) is 4.79 Å². The highest BCUT2D eigenvalue weighted by atomic mass is 16.1. The lowest BCUT2D eigenvalue weighted by molar-refractivity contribution is -0.118. The molecule has 0 N–H and O–H groups in total. The summed E-state index contributed by atoms with van der Waals surface area (Å²) in [6.07, 6.45) is 4.73. The summed E-state index contributed by atoms with van der Waals surface area (Å²) in [5.41, 5.74) is 5.02. The van der Waals surface area contributed by atoms with E-state index in [4.69, 9.17) is 0 Å². The number of aryl methyl sites for hydroxylation is 3. The molecule has 1 aromatic rings. The highest BCUT2D eigenvalue weighted by Gasteiger charge is 2.09. The van der Waals surface area contributed by atoms with Crippen LogP contribution in [-0.4, -0.2) is 5.78 Å². The first kappa shape index (κ1) is 14.0. The average molecular weight is 232 g/mol. The van der Waals surface area contributed by atoms with Crippen LogP contribution >= 0.6 is 0 Å². The molecule has 0 atom stereocenters. The zero-order valence-corrected chi connectivity index (χ0v) is 11.6. The van der Waals surface area contributed by atoms with Crippen molar-refractivity contribution in [1.29, 1.82) is 0 Å². The minimum Gasteiger partial charge on any atom is -0.299 e. The molecule has 0 aliphatic rings. The summed E-state index contributed by atoms with van der Waals surface area (Å²) < 4.78 is 0. The molecule has 0 saturated heterocycles. The van der Waals surface area contributed by atoms with Gasteiger partial charge in [-0.05, 0) is 43.9 Å². The summed E-state index contributed by atoms with van der Waals surface area (Å²) in [6, 6.07) is 4.34. The average Bonchev–Trinajstić information content (AvgIpc) is 2.24. The van der Waals surface area contributed by atoms with Crippen LogP contribution in [0.2, 0.25) is 0 Å². The largest absolute Gasteiger partial charge is 0.299 e. The number of ketones is 1. The molecule has 0 bridgehead atoms. The lowest BCUT2D eigenvalue weighted by atomic mass is 9.94. The zero-order chi connectivity index (χ0) is 12.8. The minimum absolute atomic E-state index is 0.383. The third-order valence-corrected chi connectivity index (χ3v) is 3.27. The summed E-state index contributed by atoms with van der Waals surface area (Å²) >= 11 is 0. The fourth-order valence-electron chi connectivity index (χ4n) is 2.35. The van der Waals surface area contributed by atoms with Crippen LogP contribution < -0.4 is 0 Å². The summed E-state index contributed by atoms with van der Waals surface area (Å²) in [5.74, 6) is 0.383. The quantitative estimate of drug-likeness (QED) is 0.668. The van der Waals surface area contributed by atoms with Crippen molar-refractivity contribution >= 4 is 5.78 Å². The minimum atomic E-state index is 0.383. The van der Waals surface area contributed by atoms with Crippen molar-refractivity contribution in [3.05, 3.63) is 34.4 Å². The van der Waals surface area contributed by atoms with Crippen LogP contribution in [0.15, 0.2) is 12.1 Å². The van der Waals surface area contributed by atoms with Gasteiger partial charge in [-0.15, -0.1) is 0 Å². The molecule has 1 heteroatoms. The van der Waals surface area contributed by atoms with E-state index < -0.39 is 0 Å². The number of Topliss-reactive ketones (excluding diaryl/α,β-unsaturated/α-hetero) is 1. The Morgan fingerprint density at radius 3 is 2.18 bits per heavy atom. The van der Waals surface area contributed by atoms with Gasteiger partial charge in [0.15, 0.2) is 0 Å². The summed E-state index contributed by atoms with van der Waals surface area (Å²) in [6.45, 7) is 8.48. The van der Waals surface area contributed by atoms with Gasteiger partial charge in [0.25, 0.3) is 0 Å². The van der Waals surface area contributed by atoms with E-state index in [-0.39, 0.29) is 0 Å². The second kappa shape index (κ2) is 6.58. The molecule has 0 amide bonds. The van der Waals surface area contributed by atoms with Crippen molar-refractivity contribution in [1.82, 2.24) is 0 Å². The number of benzene rings is 1. The van der Waals surface area contributed by atoms with E-state index in [0.29, 0.717) is 12.2 Å². The van der Waals surface area contributed by atoms with Gasteiger partial charge in [0, 0.05) is 12.8 Å². The van der Waals surface area contributed by atoms with Crippen LogP contribution in [0.5, 0.6) is 0 Å². The highest BCUT2D eigenvalue weighted by molar-refractivity contribution is 5.81. The molecule has 1 nitrogen and oxygen atoms in total. The van der Waals surface area contributed by atoms with Gasteiger partial charge in [0.05, 0.1) is 0 Å². The van der Waals surface area contributed by atoms with E-state index in [9.17, 15) is 4.79 Å². The maximum Gasteiger partial charge on any atom is 0.137 e. The van der Waals surface area contributed by atoms with Crippen molar-refractivity contribution in [3.63, 3.8) is 0 Å². The topological polar surface area (TPSA) is 17.1 Å². The van der Waals surface area contributed by atoms with E-state index in [1.165, 1.54) is 28.7 Å². The summed E-state index contributed by atoms with van der Waals surface area (Å²) in [7, 11) is 0. The Balaban J connectivity index is 2.65. The molecule has 1 aromatic carbocycles. The molecule has 0 heterocycles. The first-order chi connectivity index (χ1) is 8.04. The van der Waals surface area contributed by atoms with Gasteiger partial charge in [-0.25, -0.2) is 0 Å². The van der Waals surface area contributed by atoms with Crippen LogP contribution in [0.3, 0.4) is 0 Å². The van der Waals surface area contributed by atoms with Crippen LogP contribution in [-0.2, 0) is 11.2 Å². The van der Waals surface area contributed by atoms with Crippen molar-refractivity contribution in [3.8, 4) is 0 Å². The number of carbonyl (C=O) groups is 1. The normalized spacial score (nSPS) is 10.6. The SMILES string of the molecule is CCCCCC(=O)Cc1c(C)cc(C)cc1C. The van der Waals surface area contributed by atoms with Crippen LogP contribution in [0, 0.1) is 20.8 Å². The molecule has 0 saturated carbocycles. The predicted molar refractivity (Wildman–Crippen MR) is 73.5 cm³/mol. The number of hydrogen-bond donors (Lipinski definition) is 0. The molecule has 0 spiro atoms. The lowest BCUT2D eigenvalue weighted by Gasteiger charge is -2.10. The van der Waals surface area contributed by atoms with Crippen molar-refractivity contribution in [2.24, 2.45) is 0 Å². The van der Waals surface area contributed by atoms with Crippen molar-refractivity contribution in [2.45, 2.75) is 59.8 Å². The Morgan fingerprint density at radius 2 is 1.65 bits per heavy atom. The third-order valence-electron chi connectivity index (χ3n) is 3.27. The van der Waals surface area contributed by atoms with Crippen LogP contribution in [0.25, 0.3) is 0 Å². The molecule has 0 fully saturated rings. The zero-order valence-electron chi connectivity index (χ0n) is 11.6. The number of hydrogen-bond acceptors (Lipinski definition) is 1. The van der Waals surface area contributed by atoms with Crippen molar-refractivity contribution in [2.75, 3.05) is 0 Å². The van der Waals surface area contributed by atoms with E-state index in [1.807, 2.05) is 0 Å². The second-order valence-electron chi connectivity index (χ2n) is 5.05. The molecule has 0 radical (unpaired) electrons. The van der Waals surface area contributed by atoms with Gasteiger partial charge < -0.3 is 0 Å². The van der Waals surface area contributed by atoms with Gasteiger partial charge in [-0.2, -0.15) is 0 Å². The second-order valence-corrected chi connectivity index (χ2v) is 5.05. The standard InChI is InChI=1S/C16H24O/c1-5-6-7-8-15(17)11-16-13(3)9-12(2)10-14(16)4/h9-10H,5-8,11H2,1-4H3. The van der Waals surface area contributed by atoms with E-state index >= 15 is 0 Å². The first-order valence-electron chi connectivity index (χ1n) is 6.63. The van der Waals surface area contributed by atoms with Crippen LogP contribution in [0.4, 0.5) is 0 Å². The Hall–Kier alpha value is -1.11. The first-order valence-corrected chi connectivity index (χ1v) is 6.63. The smallest absolute Gasteiger partial charge is 0.137 e. The number of carbonyl (C=O) groups excluding carboxylic acids is 1. The number of rotatable bonds is 6. The van der Waals surface area contributed by atoms with E-state index in [1.54, 1.807) is 0 Å². The Kier molecular flexibility index (Phi) is 5.40. The molecular weight excluding hydrogens is 208 g/mol. The van der Waals surface area contributed by atoms with Crippen LogP contribution in [0.1, 0.15) is 54.9 Å². The molecule has 0 aliphatic carbocycles. The maximum atomic E-state index is 11.9. The Bertz CT molecular complexity index is 368. The summed E-state index contributed by atoms with van der Waals surface area (Å²) in [5, 5.41) is 0. The molecule has 94 valence electrons. The fraction of sp³-hybridized carbons (Fsp3) is 0.562. The Labute approximate surface area is 105 Å².